The van der Waals surface area contributed by atoms with Crippen LogP contribution in [0.15, 0.2) is 40.9 Å². The quantitative estimate of drug-likeness (QED) is 0.378. The monoisotopic (exact) mass is 512 g/mol. The smallest absolute Gasteiger partial charge is 0.335 e. The van der Waals surface area contributed by atoms with Gasteiger partial charge in [0.1, 0.15) is 11.5 Å². The third kappa shape index (κ3) is 4.11. The van der Waals surface area contributed by atoms with Gasteiger partial charge in [0.2, 0.25) is 0 Å². The van der Waals surface area contributed by atoms with Crippen molar-refractivity contribution in [3.8, 4) is 11.3 Å². The number of rotatable bonds is 7. The first kappa shape index (κ1) is 22.9. The van der Waals surface area contributed by atoms with Crippen LogP contribution in [0.25, 0.3) is 11.3 Å². The lowest BCUT2D eigenvalue weighted by atomic mass is 10.0. The number of nitrogens with zero attached hydrogens (tertiary/aromatic N) is 2. The van der Waals surface area contributed by atoms with Crippen molar-refractivity contribution in [2.24, 2.45) is 5.92 Å². The molecule has 3 aliphatic rings. The van der Waals surface area contributed by atoms with Crippen molar-refractivity contribution < 1.29 is 19.2 Å². The van der Waals surface area contributed by atoms with E-state index in [-0.39, 0.29) is 6.10 Å². The number of aromatic nitrogens is 1. The van der Waals surface area contributed by atoms with Crippen LogP contribution < -0.4 is 4.90 Å². The van der Waals surface area contributed by atoms with E-state index in [1.165, 1.54) is 0 Å². The first-order valence-corrected chi connectivity index (χ1v) is 12.8. The number of ether oxygens (including phenoxy) is 1. The highest BCUT2D eigenvalue weighted by atomic mass is 35.5. The third-order valence-corrected chi connectivity index (χ3v) is 8.29. The predicted molar refractivity (Wildman–Crippen MR) is 135 cm³/mol. The molecule has 1 aliphatic heterocycles. The van der Waals surface area contributed by atoms with Crippen LogP contribution in [0.1, 0.15) is 58.8 Å². The molecule has 3 aromatic rings. The predicted octanol–water partition coefficient (Wildman–Crippen LogP) is 6.72. The number of piperidine rings is 1. The van der Waals surface area contributed by atoms with Gasteiger partial charge >= 0.3 is 5.97 Å². The van der Waals surface area contributed by atoms with Crippen molar-refractivity contribution in [1.29, 1.82) is 0 Å². The van der Waals surface area contributed by atoms with Crippen LogP contribution in [-0.4, -0.2) is 34.9 Å². The molecule has 35 heavy (non-hydrogen) atoms. The van der Waals surface area contributed by atoms with Crippen molar-refractivity contribution in [3.63, 3.8) is 0 Å². The number of hydrogen-bond donors (Lipinski definition) is 1. The second-order valence-corrected chi connectivity index (χ2v) is 10.8. The number of hydrogen-bond acceptors (Lipinski definition) is 5. The Morgan fingerprint density at radius 1 is 1.20 bits per heavy atom. The van der Waals surface area contributed by atoms with Gasteiger partial charge in [0.25, 0.3) is 0 Å². The summed E-state index contributed by atoms with van der Waals surface area (Å²) in [4.78, 5) is 13.8. The Morgan fingerprint density at radius 3 is 2.60 bits per heavy atom. The molecule has 6 nitrogen and oxygen atoms in total. The van der Waals surface area contributed by atoms with Gasteiger partial charge in [-0.2, -0.15) is 0 Å². The molecule has 8 heteroatoms. The third-order valence-electron chi connectivity index (χ3n) is 7.66. The molecule has 0 amide bonds. The van der Waals surface area contributed by atoms with E-state index in [2.05, 4.69) is 10.1 Å². The highest BCUT2D eigenvalue weighted by Crippen LogP contribution is 2.47. The molecule has 1 N–H and O–H groups in total. The molecular formula is C27H26Cl2N2O4. The fourth-order valence-corrected chi connectivity index (χ4v) is 6.31. The molecule has 2 heterocycles. The number of halogens is 2. The number of anilines is 1. The van der Waals surface area contributed by atoms with Gasteiger partial charge in [0, 0.05) is 41.2 Å². The van der Waals surface area contributed by atoms with Gasteiger partial charge in [-0.15, -0.1) is 0 Å². The number of aryl methyl sites for hydroxylation is 1. The Balaban J connectivity index is 1.18. The zero-order valence-corrected chi connectivity index (χ0v) is 20.9. The highest BCUT2D eigenvalue weighted by Gasteiger charge is 2.46. The normalized spacial score (nSPS) is 23.3. The van der Waals surface area contributed by atoms with Gasteiger partial charge in [-0.05, 0) is 68.5 Å². The van der Waals surface area contributed by atoms with Gasteiger partial charge in [0.05, 0.1) is 28.3 Å². The van der Waals surface area contributed by atoms with Crippen molar-refractivity contribution in [2.45, 2.75) is 57.3 Å². The largest absolute Gasteiger partial charge is 0.478 e. The summed E-state index contributed by atoms with van der Waals surface area (Å²) in [6, 6.07) is 11.5. The summed E-state index contributed by atoms with van der Waals surface area (Å²) in [6.45, 7) is 3.18. The van der Waals surface area contributed by atoms with E-state index in [9.17, 15) is 9.90 Å². The summed E-state index contributed by atoms with van der Waals surface area (Å²) < 4.78 is 12.3. The van der Waals surface area contributed by atoms with Crippen LogP contribution in [0.2, 0.25) is 10.0 Å². The zero-order chi connectivity index (χ0) is 24.3. The lowest BCUT2D eigenvalue weighted by molar-refractivity contribution is 0.0122. The molecule has 1 saturated heterocycles. The Kier molecular flexibility index (Phi) is 5.78. The Morgan fingerprint density at radius 2 is 1.97 bits per heavy atom. The zero-order valence-electron chi connectivity index (χ0n) is 19.3. The lowest BCUT2D eigenvalue weighted by Gasteiger charge is -2.33. The summed E-state index contributed by atoms with van der Waals surface area (Å²) in [5, 5.41) is 14.8. The first-order valence-electron chi connectivity index (χ1n) is 12.1. The van der Waals surface area contributed by atoms with Crippen LogP contribution >= 0.6 is 23.2 Å². The second kappa shape index (κ2) is 8.84. The average molecular weight is 513 g/mol. The van der Waals surface area contributed by atoms with Gasteiger partial charge in [-0.1, -0.05) is 34.4 Å². The molecular weight excluding hydrogens is 487 g/mol. The first-order chi connectivity index (χ1) is 16.9. The van der Waals surface area contributed by atoms with Gasteiger partial charge in [-0.25, -0.2) is 4.79 Å². The van der Waals surface area contributed by atoms with Crippen LogP contribution in [0.3, 0.4) is 0 Å². The molecule has 182 valence electrons. The van der Waals surface area contributed by atoms with Crippen LogP contribution in [0, 0.1) is 12.8 Å². The maximum Gasteiger partial charge on any atom is 0.335 e. The summed E-state index contributed by atoms with van der Waals surface area (Å²) in [5.74, 6) is 0.830. The van der Waals surface area contributed by atoms with E-state index >= 15 is 0 Å². The lowest BCUT2D eigenvalue weighted by Crippen LogP contribution is -2.38. The Labute approximate surface area is 213 Å². The molecule has 2 bridgehead atoms. The summed E-state index contributed by atoms with van der Waals surface area (Å²) >= 11 is 13.0. The van der Waals surface area contributed by atoms with Crippen molar-refractivity contribution in [3.05, 3.63) is 68.9 Å². The number of aromatic carboxylic acids is 1. The van der Waals surface area contributed by atoms with Gasteiger partial charge in [0.15, 0.2) is 0 Å². The van der Waals surface area contributed by atoms with E-state index in [0.29, 0.717) is 51.4 Å². The van der Waals surface area contributed by atoms with Crippen LogP contribution in [-0.2, 0) is 11.3 Å². The number of carboxylic acids is 1. The molecule has 0 radical (unpaired) electrons. The number of carboxylic acid groups (broad SMARTS) is 1. The van der Waals surface area contributed by atoms with Crippen molar-refractivity contribution in [2.75, 3.05) is 11.4 Å². The van der Waals surface area contributed by atoms with Crippen molar-refractivity contribution >= 4 is 34.9 Å². The SMILES string of the molecule is Cc1cc(N2C[C@@H]3C[C@H]2C[C@H]3OCc2c(-c3c(Cl)cccc3Cl)noc2C2CC2)ccc1C(=O)O. The van der Waals surface area contributed by atoms with Gasteiger partial charge < -0.3 is 19.3 Å². The Bertz CT molecular complexity index is 1280. The minimum Gasteiger partial charge on any atom is -0.478 e. The molecule has 0 unspecified atom stereocenters. The minimum absolute atomic E-state index is 0.159. The molecule has 1 aromatic heterocycles. The minimum atomic E-state index is -0.887. The van der Waals surface area contributed by atoms with E-state index < -0.39 is 5.97 Å². The highest BCUT2D eigenvalue weighted by molar-refractivity contribution is 6.39. The van der Waals surface area contributed by atoms with Crippen LogP contribution in [0.5, 0.6) is 0 Å². The van der Waals surface area contributed by atoms with E-state index in [0.717, 1.165) is 54.8 Å². The molecule has 6 rings (SSSR count). The molecule has 2 aliphatic carbocycles. The van der Waals surface area contributed by atoms with Gasteiger partial charge in [-0.3, -0.25) is 0 Å². The second-order valence-electron chi connectivity index (χ2n) is 9.94. The number of carbonyl (C=O) groups is 1. The number of fused-ring (bicyclic) bond motifs is 2. The summed E-state index contributed by atoms with van der Waals surface area (Å²) in [5.41, 5.74) is 4.57. The van der Waals surface area contributed by atoms with E-state index in [1.54, 1.807) is 6.07 Å². The summed E-state index contributed by atoms with van der Waals surface area (Å²) in [6.07, 6.45) is 4.37. The maximum atomic E-state index is 11.4. The summed E-state index contributed by atoms with van der Waals surface area (Å²) in [7, 11) is 0. The fourth-order valence-electron chi connectivity index (χ4n) is 5.73. The van der Waals surface area contributed by atoms with E-state index in [1.807, 2.05) is 37.3 Å². The molecule has 0 spiro atoms. The Hall–Kier alpha value is -2.54. The molecule has 3 atom stereocenters. The topological polar surface area (TPSA) is 75.8 Å². The van der Waals surface area contributed by atoms with E-state index in [4.69, 9.17) is 32.5 Å². The average Bonchev–Trinajstić information content (AvgIpc) is 3.28. The van der Waals surface area contributed by atoms with Crippen LogP contribution in [0.4, 0.5) is 5.69 Å². The maximum absolute atomic E-state index is 11.4. The molecule has 2 saturated carbocycles. The fraction of sp³-hybridized carbons (Fsp3) is 0.407. The molecule has 2 aromatic carbocycles. The molecule has 3 fully saturated rings. The van der Waals surface area contributed by atoms with Crippen molar-refractivity contribution in [1.82, 2.24) is 5.16 Å². The number of benzene rings is 2. The standard InChI is InChI=1S/C27H26Cl2N2O4/c1-14-9-17(7-8-19(14)27(32)33)31-12-16-10-18(31)11-23(16)34-13-20-25(30-35-26(20)15-5-6-15)24-21(28)3-2-4-22(24)29/h2-4,7-9,15-16,18,23H,5-6,10-13H2,1H3,(H,32,33)/t16-,18-,23+/m0/s1.